The van der Waals surface area contributed by atoms with E-state index in [4.69, 9.17) is 4.12 Å². The van der Waals surface area contributed by atoms with Crippen molar-refractivity contribution in [2.75, 3.05) is 6.54 Å². The van der Waals surface area contributed by atoms with E-state index in [1.165, 1.54) is 18.5 Å². The van der Waals surface area contributed by atoms with Gasteiger partial charge in [0.15, 0.2) is 17.4 Å². The second-order valence-electron chi connectivity index (χ2n) is 5.28. The lowest BCUT2D eigenvalue weighted by atomic mass is 10.4. The zero-order valence-corrected chi connectivity index (χ0v) is 13.9. The first kappa shape index (κ1) is 16.6. The summed E-state index contributed by atoms with van der Waals surface area (Å²) >= 11 is 0. The van der Waals surface area contributed by atoms with Crippen molar-refractivity contribution < 1.29 is 8.91 Å². The molecule has 0 rings (SSSR count). The van der Waals surface area contributed by atoms with Crippen LogP contribution in [0.5, 0.6) is 0 Å². The largest absolute Gasteiger partial charge is 0.458 e. The topological polar surface area (TPSA) is 38.3 Å². The molecule has 5 heteroatoms. The molecule has 0 fully saturated rings. The van der Waals surface area contributed by atoms with Crippen LogP contribution in [0.3, 0.4) is 0 Å². The van der Waals surface area contributed by atoms with Gasteiger partial charge in [-0.15, -0.1) is 0 Å². The maximum Gasteiger partial charge on any atom is 0.243 e. The summed E-state index contributed by atoms with van der Waals surface area (Å²) in [6.07, 6.45) is 3.56. The smallest absolute Gasteiger partial charge is 0.243 e. The molecule has 0 aromatic rings. The van der Waals surface area contributed by atoms with Gasteiger partial charge in [0.2, 0.25) is 5.91 Å². The quantitative estimate of drug-likeness (QED) is 0.398. The molecule has 100 valence electrons. The van der Waals surface area contributed by atoms with E-state index in [2.05, 4.69) is 38.5 Å². The molecule has 17 heavy (non-hydrogen) atoms. The normalized spacial score (nSPS) is 13.2. The highest BCUT2D eigenvalue weighted by Crippen LogP contribution is 2.14. The van der Waals surface area contributed by atoms with E-state index < -0.39 is 17.4 Å². The zero-order chi connectivity index (χ0) is 13.3. The summed E-state index contributed by atoms with van der Waals surface area (Å²) in [6.45, 7) is 13.1. The van der Waals surface area contributed by atoms with Crippen LogP contribution in [0, 0.1) is 0 Å². The van der Waals surface area contributed by atoms with E-state index >= 15 is 0 Å². The molecule has 0 aromatic carbocycles. The second kappa shape index (κ2) is 8.66. The maximum atomic E-state index is 11.0. The molecule has 1 unspecified atom stereocenters. The lowest BCUT2D eigenvalue weighted by molar-refractivity contribution is -0.116. The average molecular weight is 274 g/mol. The van der Waals surface area contributed by atoms with Gasteiger partial charge in [-0.1, -0.05) is 19.9 Å². The van der Waals surface area contributed by atoms with Gasteiger partial charge in [-0.2, -0.15) is 0 Å². The molecule has 0 saturated carbocycles. The molecular formula is C12H27NO2Si2. The first-order valence-electron chi connectivity index (χ1n) is 6.47. The van der Waals surface area contributed by atoms with Gasteiger partial charge < -0.3 is 9.43 Å². The number of carbonyl (C=O) groups excluding carboxylic acids is 1. The van der Waals surface area contributed by atoms with Gasteiger partial charge in [0, 0.05) is 6.54 Å². The van der Waals surface area contributed by atoms with E-state index in [0.717, 1.165) is 19.0 Å². The van der Waals surface area contributed by atoms with Crippen molar-refractivity contribution in [3.05, 3.63) is 12.7 Å². The summed E-state index contributed by atoms with van der Waals surface area (Å²) in [7, 11) is -2.43. The Morgan fingerprint density at radius 3 is 2.53 bits per heavy atom. The Morgan fingerprint density at radius 2 is 2.06 bits per heavy atom. The van der Waals surface area contributed by atoms with Crippen LogP contribution in [0.25, 0.3) is 0 Å². The van der Waals surface area contributed by atoms with Gasteiger partial charge in [-0.25, -0.2) is 0 Å². The third kappa shape index (κ3) is 10.5. The van der Waals surface area contributed by atoms with Gasteiger partial charge in [0.05, 0.1) is 0 Å². The van der Waals surface area contributed by atoms with Crippen molar-refractivity contribution in [3.8, 4) is 0 Å². The van der Waals surface area contributed by atoms with E-state index in [0.29, 0.717) is 0 Å². The van der Waals surface area contributed by atoms with Crippen LogP contribution in [0.4, 0.5) is 0 Å². The van der Waals surface area contributed by atoms with Crippen LogP contribution in [0.1, 0.15) is 19.8 Å². The molecule has 0 spiro atoms. The highest BCUT2D eigenvalue weighted by atomic mass is 28.4. The standard InChI is InChI=1S/C12H27NO2Si2/c1-6-10-16(15-17(3,4)5)11-8-9-13-12(14)7-2/h7,16H,2,6,8-11H2,1,3-5H3,(H,13,14). The molecule has 0 bridgehead atoms. The van der Waals surface area contributed by atoms with E-state index in [-0.39, 0.29) is 5.91 Å². The summed E-state index contributed by atoms with van der Waals surface area (Å²) < 4.78 is 6.26. The van der Waals surface area contributed by atoms with Crippen LogP contribution in [0.2, 0.25) is 31.7 Å². The SMILES string of the molecule is C=CC(=O)NCCC[SiH](CCC)O[Si](C)(C)C. The van der Waals surface area contributed by atoms with Crippen LogP contribution >= 0.6 is 0 Å². The minimum Gasteiger partial charge on any atom is -0.458 e. The number of carbonyl (C=O) groups is 1. The van der Waals surface area contributed by atoms with Gasteiger partial charge in [-0.05, 0) is 44.2 Å². The fourth-order valence-corrected chi connectivity index (χ4v) is 8.23. The summed E-state index contributed by atoms with van der Waals surface area (Å²) in [5.74, 6) is -0.0789. The minimum absolute atomic E-state index is 0.0789. The Morgan fingerprint density at radius 1 is 1.41 bits per heavy atom. The first-order valence-corrected chi connectivity index (χ1v) is 12.0. The monoisotopic (exact) mass is 273 g/mol. The predicted molar refractivity (Wildman–Crippen MR) is 79.3 cm³/mol. The number of amides is 1. The molecule has 0 aliphatic carbocycles. The highest BCUT2D eigenvalue weighted by Gasteiger charge is 2.21. The lowest BCUT2D eigenvalue weighted by Crippen LogP contribution is -2.35. The van der Waals surface area contributed by atoms with Crippen molar-refractivity contribution in [1.29, 1.82) is 0 Å². The molecule has 0 heterocycles. The Bertz CT molecular complexity index is 239. The zero-order valence-electron chi connectivity index (χ0n) is 11.7. The van der Waals surface area contributed by atoms with E-state index in [9.17, 15) is 4.79 Å². The summed E-state index contributed by atoms with van der Waals surface area (Å²) in [5, 5.41) is 2.81. The van der Waals surface area contributed by atoms with Crippen molar-refractivity contribution in [2.45, 2.75) is 51.5 Å². The fraction of sp³-hybridized carbons (Fsp3) is 0.750. The molecule has 1 amide bonds. The van der Waals surface area contributed by atoms with Crippen LogP contribution in [-0.4, -0.2) is 29.8 Å². The average Bonchev–Trinajstić information content (AvgIpc) is 2.22. The molecule has 1 N–H and O–H groups in total. The first-order chi connectivity index (χ1) is 7.89. The fourth-order valence-electron chi connectivity index (χ4n) is 1.70. The lowest BCUT2D eigenvalue weighted by Gasteiger charge is -2.25. The third-order valence-electron chi connectivity index (χ3n) is 2.32. The van der Waals surface area contributed by atoms with Crippen LogP contribution < -0.4 is 5.32 Å². The van der Waals surface area contributed by atoms with Gasteiger partial charge in [0.1, 0.15) is 0 Å². The summed E-state index contributed by atoms with van der Waals surface area (Å²) in [4.78, 5) is 11.0. The molecule has 0 aliphatic rings. The van der Waals surface area contributed by atoms with Crippen molar-refractivity contribution in [1.82, 2.24) is 5.32 Å². The minimum atomic E-state index is -1.39. The van der Waals surface area contributed by atoms with Gasteiger partial charge >= 0.3 is 0 Å². The predicted octanol–water partition coefficient (Wildman–Crippen LogP) is 2.66. The summed E-state index contributed by atoms with van der Waals surface area (Å²) in [6, 6.07) is 2.41. The van der Waals surface area contributed by atoms with E-state index in [1.807, 2.05) is 0 Å². The molecule has 1 atom stereocenters. The Hall–Kier alpha value is -0.396. The van der Waals surface area contributed by atoms with Crippen LogP contribution in [0.15, 0.2) is 12.7 Å². The van der Waals surface area contributed by atoms with Gasteiger partial charge in [0.25, 0.3) is 0 Å². The molecule has 0 aromatic heterocycles. The second-order valence-corrected chi connectivity index (χ2v) is 12.8. The number of rotatable bonds is 9. The maximum absolute atomic E-state index is 11.0. The van der Waals surface area contributed by atoms with Crippen molar-refractivity contribution >= 4 is 23.3 Å². The third-order valence-corrected chi connectivity index (χ3v) is 8.75. The number of hydrogen-bond acceptors (Lipinski definition) is 2. The van der Waals surface area contributed by atoms with E-state index in [1.54, 1.807) is 0 Å². The molecule has 0 saturated heterocycles. The summed E-state index contributed by atoms with van der Waals surface area (Å²) in [5.41, 5.74) is 0. The van der Waals surface area contributed by atoms with Gasteiger partial charge in [-0.3, -0.25) is 4.79 Å². The Balaban J connectivity index is 3.85. The Kier molecular flexibility index (Phi) is 8.46. The van der Waals surface area contributed by atoms with Crippen LogP contribution in [-0.2, 0) is 8.91 Å². The molecule has 0 aliphatic heterocycles. The van der Waals surface area contributed by atoms with Crippen molar-refractivity contribution in [2.24, 2.45) is 0 Å². The molecule has 3 nitrogen and oxygen atoms in total. The number of hydrogen-bond donors (Lipinski definition) is 1. The highest BCUT2D eigenvalue weighted by molar-refractivity contribution is 6.77. The van der Waals surface area contributed by atoms with Crippen molar-refractivity contribution in [3.63, 3.8) is 0 Å². The number of nitrogens with one attached hydrogen (secondary N) is 1. The molecule has 0 radical (unpaired) electrons. The Labute approximate surface area is 108 Å². The molecular weight excluding hydrogens is 246 g/mol.